The van der Waals surface area contributed by atoms with Crippen molar-refractivity contribution in [1.82, 2.24) is 9.97 Å². The van der Waals surface area contributed by atoms with Gasteiger partial charge in [-0.3, -0.25) is 9.59 Å². The number of hydrogen-bond donors (Lipinski definition) is 2. The molecule has 0 saturated heterocycles. The fourth-order valence-electron chi connectivity index (χ4n) is 3.57. The molecule has 0 unspecified atom stereocenters. The summed E-state index contributed by atoms with van der Waals surface area (Å²) in [5.41, 5.74) is 5.99. The summed E-state index contributed by atoms with van der Waals surface area (Å²) in [6.07, 6.45) is 1.87. The second-order valence-electron chi connectivity index (χ2n) is 7.41. The van der Waals surface area contributed by atoms with E-state index in [1.165, 1.54) is 7.11 Å². The number of ether oxygens (including phenoxy) is 2. The number of rotatable bonds is 9. The Morgan fingerprint density at radius 1 is 1.10 bits per heavy atom. The lowest BCUT2D eigenvalue weighted by atomic mass is 10.0. The predicted molar refractivity (Wildman–Crippen MR) is 115 cm³/mol. The van der Waals surface area contributed by atoms with E-state index in [0.29, 0.717) is 24.2 Å². The Labute approximate surface area is 180 Å². The van der Waals surface area contributed by atoms with Crippen molar-refractivity contribution in [1.29, 1.82) is 0 Å². The highest BCUT2D eigenvalue weighted by Crippen LogP contribution is 2.23. The van der Waals surface area contributed by atoms with E-state index in [1.807, 2.05) is 50.2 Å². The lowest BCUT2D eigenvalue weighted by Gasteiger charge is -2.04. The first kappa shape index (κ1) is 22.1. The van der Waals surface area contributed by atoms with Gasteiger partial charge in [0, 0.05) is 24.2 Å². The first-order valence-electron chi connectivity index (χ1n) is 10.0. The largest absolute Gasteiger partial charge is 0.469 e. The number of aryl methyl sites for hydroxylation is 1. The van der Waals surface area contributed by atoms with Crippen LogP contribution in [0.1, 0.15) is 61.0 Å². The molecule has 0 atom stereocenters. The topological polar surface area (TPSA) is 101 Å². The van der Waals surface area contributed by atoms with Gasteiger partial charge in [0.05, 0.1) is 12.8 Å². The molecule has 0 aliphatic rings. The Kier molecular flexibility index (Phi) is 7.07. The summed E-state index contributed by atoms with van der Waals surface area (Å²) in [5.74, 6) is -0.735. The molecule has 0 fully saturated rings. The highest BCUT2D eigenvalue weighted by Gasteiger charge is 2.18. The van der Waals surface area contributed by atoms with Crippen molar-refractivity contribution in [3.8, 4) is 0 Å². The van der Waals surface area contributed by atoms with Crippen molar-refractivity contribution in [2.45, 2.75) is 39.7 Å². The van der Waals surface area contributed by atoms with E-state index in [4.69, 9.17) is 4.74 Å². The van der Waals surface area contributed by atoms with Crippen molar-refractivity contribution >= 4 is 18.2 Å². The smallest absolute Gasteiger partial charge is 0.355 e. The minimum Gasteiger partial charge on any atom is -0.469 e. The van der Waals surface area contributed by atoms with Crippen LogP contribution in [0.15, 0.2) is 36.4 Å². The van der Waals surface area contributed by atoms with Crippen molar-refractivity contribution < 1.29 is 23.9 Å². The maximum absolute atomic E-state index is 12.5. The van der Waals surface area contributed by atoms with Gasteiger partial charge in [-0.15, -0.1) is 0 Å². The number of carbonyl (C=O) groups is 3. The Hall–Kier alpha value is -3.61. The maximum Gasteiger partial charge on any atom is 0.355 e. The summed E-state index contributed by atoms with van der Waals surface area (Å²) in [5, 5.41) is 0. The third-order valence-corrected chi connectivity index (χ3v) is 5.30. The zero-order chi connectivity index (χ0) is 22.4. The van der Waals surface area contributed by atoms with Gasteiger partial charge in [-0.2, -0.15) is 0 Å². The number of methoxy groups -OCH3 is 1. The molecule has 0 amide bonds. The summed E-state index contributed by atoms with van der Waals surface area (Å²) in [6.45, 7) is 3.96. The van der Waals surface area contributed by atoms with Gasteiger partial charge in [0.25, 0.3) is 0 Å². The van der Waals surface area contributed by atoms with E-state index in [2.05, 4.69) is 14.7 Å². The van der Waals surface area contributed by atoms with Gasteiger partial charge in [-0.05, 0) is 48.6 Å². The number of aromatic nitrogens is 2. The summed E-state index contributed by atoms with van der Waals surface area (Å²) >= 11 is 0. The van der Waals surface area contributed by atoms with Crippen LogP contribution < -0.4 is 0 Å². The number of H-pyrrole nitrogens is 2. The third-order valence-electron chi connectivity index (χ3n) is 5.30. The van der Waals surface area contributed by atoms with Crippen molar-refractivity contribution in [3.63, 3.8) is 0 Å². The zero-order valence-electron chi connectivity index (χ0n) is 17.9. The SMILES string of the molecule is COC(=O)CCc1c(C=O)[nH]c(Cc2cc(C)c(C(=O)OCc3ccccc3)[nH]2)c1C. The Morgan fingerprint density at radius 2 is 1.84 bits per heavy atom. The Morgan fingerprint density at radius 3 is 2.52 bits per heavy atom. The molecular weight excluding hydrogens is 396 g/mol. The van der Waals surface area contributed by atoms with Crippen LogP contribution >= 0.6 is 0 Å². The number of benzene rings is 1. The number of esters is 2. The molecule has 0 aliphatic carbocycles. The molecule has 2 N–H and O–H groups in total. The molecule has 0 spiro atoms. The Bertz CT molecular complexity index is 1080. The fourth-order valence-corrected chi connectivity index (χ4v) is 3.57. The number of aldehydes is 1. The molecule has 3 aromatic rings. The van der Waals surface area contributed by atoms with Crippen LogP contribution in [0.5, 0.6) is 0 Å². The number of aromatic amines is 2. The predicted octanol–water partition coefficient (Wildman–Crippen LogP) is 3.83. The molecule has 1 aromatic carbocycles. The molecule has 31 heavy (non-hydrogen) atoms. The molecule has 2 aromatic heterocycles. The van der Waals surface area contributed by atoms with E-state index in [1.54, 1.807) is 0 Å². The fraction of sp³-hybridized carbons (Fsp3) is 0.292. The lowest BCUT2D eigenvalue weighted by molar-refractivity contribution is -0.140. The summed E-state index contributed by atoms with van der Waals surface area (Å²) in [7, 11) is 1.34. The normalized spacial score (nSPS) is 10.7. The molecule has 3 rings (SSSR count). The molecule has 0 bridgehead atoms. The molecule has 162 valence electrons. The monoisotopic (exact) mass is 422 g/mol. The van der Waals surface area contributed by atoms with Gasteiger partial charge in [0.1, 0.15) is 12.3 Å². The minimum absolute atomic E-state index is 0.203. The second-order valence-corrected chi connectivity index (χ2v) is 7.41. The number of hydrogen-bond acceptors (Lipinski definition) is 5. The second kappa shape index (κ2) is 9.93. The first-order chi connectivity index (χ1) is 14.9. The van der Waals surface area contributed by atoms with Crippen molar-refractivity contribution in [3.05, 3.63) is 81.4 Å². The maximum atomic E-state index is 12.5. The summed E-state index contributed by atoms with van der Waals surface area (Å²) in [6, 6.07) is 11.4. The van der Waals surface area contributed by atoms with Crippen LogP contribution in [0.2, 0.25) is 0 Å². The highest BCUT2D eigenvalue weighted by molar-refractivity contribution is 5.89. The van der Waals surface area contributed by atoms with Crippen molar-refractivity contribution in [2.75, 3.05) is 7.11 Å². The number of nitrogens with one attached hydrogen (secondary N) is 2. The van der Waals surface area contributed by atoms with Crippen LogP contribution in [0.25, 0.3) is 0 Å². The average molecular weight is 422 g/mol. The van der Waals surface area contributed by atoms with E-state index < -0.39 is 5.97 Å². The van der Waals surface area contributed by atoms with Gasteiger partial charge in [0.15, 0.2) is 6.29 Å². The molecule has 0 aliphatic heterocycles. The van der Waals surface area contributed by atoms with E-state index in [9.17, 15) is 14.4 Å². The van der Waals surface area contributed by atoms with Gasteiger partial charge in [-0.1, -0.05) is 30.3 Å². The molecule has 0 saturated carbocycles. The zero-order valence-corrected chi connectivity index (χ0v) is 17.9. The van der Waals surface area contributed by atoms with Gasteiger partial charge < -0.3 is 19.4 Å². The highest BCUT2D eigenvalue weighted by atomic mass is 16.5. The molecule has 2 heterocycles. The first-order valence-corrected chi connectivity index (χ1v) is 10.0. The van der Waals surface area contributed by atoms with E-state index in [0.717, 1.165) is 39.9 Å². The van der Waals surface area contributed by atoms with Gasteiger partial charge in [-0.25, -0.2) is 4.79 Å². The van der Waals surface area contributed by atoms with Crippen LogP contribution in [-0.2, 0) is 33.7 Å². The van der Waals surface area contributed by atoms with Gasteiger partial charge in [0.2, 0.25) is 0 Å². The van der Waals surface area contributed by atoms with Gasteiger partial charge >= 0.3 is 11.9 Å². The van der Waals surface area contributed by atoms with Crippen LogP contribution in [0.4, 0.5) is 0 Å². The molecular formula is C24H26N2O5. The van der Waals surface area contributed by atoms with E-state index >= 15 is 0 Å². The van der Waals surface area contributed by atoms with E-state index in [-0.39, 0.29) is 19.0 Å². The Balaban J connectivity index is 1.72. The standard InChI is InChI=1S/C24H26N2O5/c1-15-11-18(25-23(15)24(29)31-14-17-7-5-4-6-8-17)12-20-16(2)19(21(13-27)26-20)9-10-22(28)30-3/h4-8,11,13,25-26H,9-10,12,14H2,1-3H3. The summed E-state index contributed by atoms with van der Waals surface area (Å²) < 4.78 is 10.1. The molecule has 7 nitrogen and oxygen atoms in total. The minimum atomic E-state index is -0.414. The van der Waals surface area contributed by atoms with Crippen LogP contribution in [0.3, 0.4) is 0 Å². The molecule has 0 radical (unpaired) electrons. The number of carbonyl (C=O) groups excluding carboxylic acids is 3. The summed E-state index contributed by atoms with van der Waals surface area (Å²) in [4.78, 5) is 41.7. The van der Waals surface area contributed by atoms with Crippen LogP contribution in [0, 0.1) is 13.8 Å². The van der Waals surface area contributed by atoms with Crippen LogP contribution in [-0.4, -0.2) is 35.3 Å². The van der Waals surface area contributed by atoms with Crippen molar-refractivity contribution in [2.24, 2.45) is 0 Å². The average Bonchev–Trinajstić information content (AvgIpc) is 3.30. The lowest BCUT2D eigenvalue weighted by Crippen LogP contribution is -2.07. The third kappa shape index (κ3) is 5.31. The molecule has 7 heteroatoms. The quantitative estimate of drug-likeness (QED) is 0.403.